The summed E-state index contributed by atoms with van der Waals surface area (Å²) in [7, 11) is 3.68. The Labute approximate surface area is 118 Å². The van der Waals surface area contributed by atoms with Crippen LogP contribution in [0.3, 0.4) is 0 Å². The molecule has 0 N–H and O–H groups in total. The third kappa shape index (κ3) is 17.7. The average molecular weight is 492 g/mol. The zero-order valence-electron chi connectivity index (χ0n) is 2.93. The van der Waals surface area contributed by atoms with Crippen molar-refractivity contribution in [1.82, 2.24) is 0 Å². The summed E-state index contributed by atoms with van der Waals surface area (Å²) < 4.78 is 2.21. The van der Waals surface area contributed by atoms with Crippen LogP contribution in [0.2, 0.25) is 0 Å². The molecule has 0 aromatic rings. The van der Waals surface area contributed by atoms with Crippen molar-refractivity contribution in [2.24, 2.45) is 0 Å². The SMILES string of the molecule is [BH2][Ce][Fe].[La].[Nd]. The van der Waals surface area contributed by atoms with Crippen LogP contribution in [0.4, 0.5) is 0 Å². The van der Waals surface area contributed by atoms with E-state index in [1.165, 1.54) is 0 Å². The van der Waals surface area contributed by atoms with E-state index in [1.807, 2.05) is 0 Å². The Morgan fingerprint density at radius 3 is 1.60 bits per heavy atom. The van der Waals surface area contributed by atoms with Crippen LogP contribution < -0.4 is 0 Å². The molecule has 0 aromatic carbocycles. The molecule has 0 aliphatic carbocycles. The maximum Gasteiger partial charge on any atom is 0 e. The van der Waals surface area contributed by atoms with Gasteiger partial charge >= 0.3 is 46.0 Å². The first-order chi connectivity index (χ1) is 1.41. The first kappa shape index (κ1) is 16.2. The Balaban J connectivity index is -0.0000000200. The molecule has 0 aliphatic rings. The minimum atomic E-state index is -0.167. The summed E-state index contributed by atoms with van der Waals surface area (Å²) in [5.41, 5.74) is 0. The van der Waals surface area contributed by atoms with Crippen molar-refractivity contribution in [2.45, 2.75) is 0 Å². The predicted octanol–water partition coefficient (Wildman–Crippen LogP) is -0.919. The molecule has 0 spiro atoms. The predicted molar refractivity (Wildman–Crippen MR) is 8.54 cm³/mol. The van der Waals surface area contributed by atoms with Gasteiger partial charge in [0.15, 0.2) is 0 Å². The molecule has 0 atom stereocenters. The second-order valence-corrected chi connectivity index (χ2v) is 5.31. The van der Waals surface area contributed by atoms with Gasteiger partial charge in [-0.25, -0.2) is 0 Å². The van der Waals surface area contributed by atoms with Gasteiger partial charge in [0.25, 0.3) is 0 Å². The third-order valence-electron chi connectivity index (χ3n) is 0. The van der Waals surface area contributed by atoms with E-state index in [2.05, 4.69) is 11.9 Å². The fourth-order valence-corrected chi connectivity index (χ4v) is 0. The van der Waals surface area contributed by atoms with Gasteiger partial charge in [-0.05, 0) is 0 Å². The van der Waals surface area contributed by atoms with Crippen LogP contribution in [0, 0.1) is 111 Å². The van der Waals surface area contributed by atoms with E-state index in [-0.39, 0.29) is 111 Å². The summed E-state index contributed by atoms with van der Waals surface area (Å²) >= 11 is -0.167. The average Bonchev–Trinajstić information content (AvgIpc) is 0.918. The molecule has 0 unspecified atom stereocenters. The topological polar surface area (TPSA) is 0 Å². The van der Waals surface area contributed by atoms with Crippen molar-refractivity contribution in [3.05, 3.63) is 0 Å². The molecule has 0 bridgehead atoms. The molecule has 0 heterocycles. The van der Waals surface area contributed by atoms with Crippen molar-refractivity contribution in [3.8, 4) is 0 Å². The minimum Gasteiger partial charge on any atom is 0 e. The van der Waals surface area contributed by atoms with E-state index in [4.69, 9.17) is 0 Å². The summed E-state index contributed by atoms with van der Waals surface area (Å²) in [5, 5.41) is 0. The van der Waals surface area contributed by atoms with Crippen LogP contribution in [0.25, 0.3) is 0 Å². The van der Waals surface area contributed by atoms with Crippen LogP contribution in [0.5, 0.6) is 0 Å². The molecule has 1 radical (unpaired) electrons. The standard InChI is InChI=1S/BH2.Ce.Fe.La.Nd/h1H2;;;;/q+1;-1;;;. The van der Waals surface area contributed by atoms with Gasteiger partial charge in [0.05, 0.1) is 0 Å². The Bertz CT molecular complexity index is 11.6. The summed E-state index contributed by atoms with van der Waals surface area (Å²) in [6, 6.07) is 0. The molecule has 24 valence electrons. The van der Waals surface area contributed by atoms with E-state index in [1.54, 1.807) is 0 Å². The summed E-state index contributed by atoms with van der Waals surface area (Å²) in [6.07, 6.45) is 0. The first-order valence-electron chi connectivity index (χ1n) is 0.677. The Kier molecular flexibility index (Phi) is 51.4. The molecule has 0 rings (SSSR count). The van der Waals surface area contributed by atoms with Gasteiger partial charge in [-0.3, -0.25) is 0 Å². The second kappa shape index (κ2) is 15.8. The fourth-order valence-electron chi connectivity index (χ4n) is 0. The Morgan fingerprint density at radius 2 is 1.60 bits per heavy atom. The molecular formula is H2BCeFeLaNd. The molecular weight excluding hydrogens is 490 g/mol. The molecule has 5 heteroatoms. The summed E-state index contributed by atoms with van der Waals surface area (Å²) in [5.74, 6) is 0. The van der Waals surface area contributed by atoms with Crippen LogP contribution >= 0.6 is 0 Å². The van der Waals surface area contributed by atoms with Crippen LogP contribution in [-0.2, 0) is 8.86 Å². The van der Waals surface area contributed by atoms with Crippen LogP contribution in [0.1, 0.15) is 0 Å². The van der Waals surface area contributed by atoms with Crippen LogP contribution in [-0.4, -0.2) is 3.04 Å². The first-order valence-corrected chi connectivity index (χ1v) is 8.95. The Hall–Kier alpha value is 4.51. The molecule has 0 saturated carbocycles. The zero-order valence-corrected chi connectivity index (χ0v) is 14.0. The summed E-state index contributed by atoms with van der Waals surface area (Å²) in [6.45, 7) is 0. The molecule has 0 aromatic heterocycles. The van der Waals surface area contributed by atoms with Gasteiger partial charge in [-0.2, -0.15) is 0 Å². The minimum absolute atomic E-state index is 0. The number of hydrogen-bond donors (Lipinski definition) is 0. The Morgan fingerprint density at radius 1 is 1.60 bits per heavy atom. The van der Waals surface area contributed by atoms with Crippen molar-refractivity contribution >= 4 is 3.04 Å². The van der Waals surface area contributed by atoms with E-state index >= 15 is 0 Å². The van der Waals surface area contributed by atoms with Gasteiger partial charge < -0.3 is 0 Å². The van der Waals surface area contributed by atoms with E-state index in [0.29, 0.717) is 0 Å². The van der Waals surface area contributed by atoms with Crippen LogP contribution in [0.15, 0.2) is 0 Å². The van der Waals surface area contributed by atoms with Gasteiger partial charge in [-0.1, -0.05) is 0 Å². The largest absolute Gasteiger partial charge is 0 e. The number of rotatable bonds is 0. The van der Waals surface area contributed by atoms with Gasteiger partial charge in [-0.15, -0.1) is 0 Å². The van der Waals surface area contributed by atoms with Crippen molar-refractivity contribution in [1.29, 1.82) is 0 Å². The third-order valence-corrected chi connectivity index (χ3v) is 0. The van der Waals surface area contributed by atoms with Gasteiger partial charge in [0.1, 0.15) is 0 Å². The van der Waals surface area contributed by atoms with Crippen molar-refractivity contribution in [2.75, 3.05) is 0 Å². The maximum atomic E-state index is 3.68. The fraction of sp³-hybridized carbons (Fsp3) is 0. The smallest absolute Gasteiger partial charge is 0 e. The van der Waals surface area contributed by atoms with Gasteiger partial charge in [0, 0.05) is 76.4 Å². The molecule has 0 saturated heterocycles. The van der Waals surface area contributed by atoms with E-state index in [0.717, 1.165) is 0 Å². The monoisotopic (exact) mass is 490 g/mol. The summed E-state index contributed by atoms with van der Waals surface area (Å²) in [4.78, 5) is 0. The zero-order chi connectivity index (χ0) is 2.71. The number of hydrogen-bond acceptors (Lipinski definition) is 0. The maximum absolute atomic E-state index is 3.68. The van der Waals surface area contributed by atoms with Crippen molar-refractivity contribution < 1.29 is 119 Å². The van der Waals surface area contributed by atoms with Crippen molar-refractivity contribution in [3.63, 3.8) is 0 Å². The molecule has 5 heavy (non-hydrogen) atoms. The normalized spacial score (nSPS) is 2.60. The van der Waals surface area contributed by atoms with Gasteiger partial charge in [0.2, 0.25) is 0 Å². The van der Waals surface area contributed by atoms with E-state index in [9.17, 15) is 0 Å². The molecule has 0 amide bonds. The molecule has 0 nitrogen and oxygen atoms in total. The quantitative estimate of drug-likeness (QED) is 0.385. The van der Waals surface area contributed by atoms with E-state index < -0.39 is 0 Å². The molecule has 0 aliphatic heterocycles. The molecule has 0 fully saturated rings. The second-order valence-electron chi connectivity index (χ2n) is 0.177.